The topological polar surface area (TPSA) is 113 Å². The van der Waals surface area contributed by atoms with Crippen molar-refractivity contribution in [3.05, 3.63) is 53.7 Å². The highest BCUT2D eigenvalue weighted by Crippen LogP contribution is 2.30. The van der Waals surface area contributed by atoms with Crippen molar-refractivity contribution in [2.75, 3.05) is 18.4 Å². The van der Waals surface area contributed by atoms with E-state index >= 15 is 0 Å². The van der Waals surface area contributed by atoms with Crippen LogP contribution in [0.2, 0.25) is 0 Å². The number of aromatic nitrogens is 1. The van der Waals surface area contributed by atoms with E-state index in [4.69, 9.17) is 4.74 Å². The van der Waals surface area contributed by atoms with E-state index in [2.05, 4.69) is 21.2 Å². The first kappa shape index (κ1) is 27.4. The number of ether oxygens (including phenoxy) is 1. The fourth-order valence-corrected chi connectivity index (χ4v) is 2.77. The molecule has 190 valence electrons. The Balaban J connectivity index is 1.94. The molecule has 1 aromatic carbocycles. The lowest BCUT2D eigenvalue weighted by Crippen LogP contribution is -2.44. The first-order valence-corrected chi connectivity index (χ1v) is 10.8. The van der Waals surface area contributed by atoms with Gasteiger partial charge in [0.05, 0.1) is 11.1 Å². The molecule has 0 fully saturated rings. The van der Waals surface area contributed by atoms with Gasteiger partial charge in [0, 0.05) is 31.4 Å². The van der Waals surface area contributed by atoms with E-state index in [1.54, 1.807) is 27.7 Å². The monoisotopic (exact) mass is 495 g/mol. The largest absolute Gasteiger partial charge is 0.444 e. The average Bonchev–Trinajstić information content (AvgIpc) is 2.77. The van der Waals surface area contributed by atoms with Crippen LogP contribution in [0.5, 0.6) is 0 Å². The third-order valence-electron chi connectivity index (χ3n) is 4.48. The lowest BCUT2D eigenvalue weighted by atomic mass is 10.2. The molecule has 35 heavy (non-hydrogen) atoms. The maximum Gasteiger partial charge on any atom is 0.416 e. The molecule has 1 heterocycles. The molecule has 0 aliphatic carbocycles. The van der Waals surface area contributed by atoms with E-state index in [1.165, 1.54) is 35.4 Å². The Morgan fingerprint density at radius 2 is 1.69 bits per heavy atom. The van der Waals surface area contributed by atoms with Crippen molar-refractivity contribution in [3.8, 4) is 0 Å². The van der Waals surface area contributed by atoms with E-state index in [9.17, 15) is 27.6 Å². The maximum atomic E-state index is 12.7. The molecule has 0 aliphatic rings. The molecule has 9 nitrogen and oxygen atoms in total. The molecular weight excluding hydrogens is 467 g/mol. The summed E-state index contributed by atoms with van der Waals surface area (Å²) in [4.78, 5) is 42.3. The first-order valence-electron chi connectivity index (χ1n) is 10.8. The van der Waals surface area contributed by atoms with Crippen LogP contribution in [-0.4, -0.2) is 46.5 Å². The summed E-state index contributed by atoms with van der Waals surface area (Å²) in [6.45, 7) is 7.38. The highest BCUT2D eigenvalue weighted by Gasteiger charge is 2.30. The Kier molecular flexibility index (Phi) is 9.04. The average molecular weight is 496 g/mol. The van der Waals surface area contributed by atoms with E-state index in [-0.39, 0.29) is 30.0 Å². The Morgan fingerprint density at radius 1 is 1.03 bits per heavy atom. The summed E-state index contributed by atoms with van der Waals surface area (Å²) < 4.78 is 43.5. The highest BCUT2D eigenvalue weighted by atomic mass is 19.4. The molecule has 3 N–H and O–H groups in total. The zero-order chi connectivity index (χ0) is 26.2. The number of rotatable bonds is 7. The smallest absolute Gasteiger partial charge is 0.416 e. The number of hydrogen-bond donors (Lipinski definition) is 3. The van der Waals surface area contributed by atoms with Gasteiger partial charge in [-0.2, -0.15) is 13.2 Å². The second-order valence-corrected chi connectivity index (χ2v) is 8.41. The number of alkyl halides is 3. The summed E-state index contributed by atoms with van der Waals surface area (Å²) in [7, 11) is 0. The van der Waals surface area contributed by atoms with Crippen molar-refractivity contribution in [2.45, 2.75) is 45.9 Å². The minimum Gasteiger partial charge on any atom is -0.444 e. The number of nitrogens with zero attached hydrogens (tertiary/aromatic N) is 2. The maximum absolute atomic E-state index is 12.7. The summed E-state index contributed by atoms with van der Waals surface area (Å²) in [5.41, 5.74) is 3.39. The molecule has 0 atom stereocenters. The predicted octanol–water partition coefficient (Wildman–Crippen LogP) is 4.25. The predicted molar refractivity (Wildman–Crippen MR) is 123 cm³/mol. The van der Waals surface area contributed by atoms with Crippen LogP contribution in [0, 0.1) is 0 Å². The van der Waals surface area contributed by atoms with Crippen LogP contribution in [0.1, 0.15) is 50.0 Å². The molecule has 3 amide bonds. The normalized spacial score (nSPS) is 11.4. The minimum atomic E-state index is -4.46. The first-order chi connectivity index (χ1) is 16.3. The number of hydrogen-bond acceptors (Lipinski definition) is 6. The zero-order valence-electron chi connectivity index (χ0n) is 19.8. The molecule has 0 spiro atoms. The van der Waals surface area contributed by atoms with Gasteiger partial charge in [0.25, 0.3) is 5.91 Å². The number of carbonyl (C=O) groups is 3. The van der Waals surface area contributed by atoms with Gasteiger partial charge in [0.1, 0.15) is 11.4 Å². The fourth-order valence-electron chi connectivity index (χ4n) is 2.77. The van der Waals surface area contributed by atoms with Gasteiger partial charge in [-0.1, -0.05) is 0 Å². The molecular formula is C23H28F3N5O4. The van der Waals surface area contributed by atoms with Crippen molar-refractivity contribution in [2.24, 2.45) is 0 Å². The SMILES string of the molecule is CCN(CCC(=O)NNC(=O)c1cccnc1Nc1ccc(C(F)(F)F)cc1)C(=O)OC(C)(C)C. The van der Waals surface area contributed by atoms with E-state index in [1.807, 2.05) is 0 Å². The number of amides is 3. The lowest BCUT2D eigenvalue weighted by molar-refractivity contribution is -0.137. The molecule has 1 aromatic heterocycles. The molecule has 2 aromatic rings. The van der Waals surface area contributed by atoms with Crippen LogP contribution in [0.3, 0.4) is 0 Å². The van der Waals surface area contributed by atoms with Crippen LogP contribution < -0.4 is 16.2 Å². The summed E-state index contributed by atoms with van der Waals surface area (Å²) in [6.07, 6.45) is -3.70. The van der Waals surface area contributed by atoms with Crippen molar-refractivity contribution >= 4 is 29.4 Å². The van der Waals surface area contributed by atoms with Crippen LogP contribution >= 0.6 is 0 Å². The van der Waals surface area contributed by atoms with Gasteiger partial charge in [0.15, 0.2) is 0 Å². The number of halogens is 3. The van der Waals surface area contributed by atoms with Crippen LogP contribution in [0.4, 0.5) is 29.5 Å². The van der Waals surface area contributed by atoms with E-state index < -0.39 is 35.2 Å². The van der Waals surface area contributed by atoms with Crippen LogP contribution in [-0.2, 0) is 15.7 Å². The van der Waals surface area contributed by atoms with Gasteiger partial charge in [0.2, 0.25) is 5.91 Å². The highest BCUT2D eigenvalue weighted by molar-refractivity contribution is 6.00. The van der Waals surface area contributed by atoms with Crippen molar-refractivity contribution < 1.29 is 32.3 Å². The van der Waals surface area contributed by atoms with Gasteiger partial charge in [-0.25, -0.2) is 9.78 Å². The Labute approximate surface area is 201 Å². The summed E-state index contributed by atoms with van der Waals surface area (Å²) in [5, 5.41) is 2.79. The third-order valence-corrected chi connectivity index (χ3v) is 4.48. The standard InChI is InChI=1S/C23H28F3N5O4/c1-5-31(21(34)35-22(2,3)4)14-12-18(32)29-30-20(33)17-7-6-13-27-19(17)28-16-10-8-15(9-11-16)23(24,25)26/h6-11,13H,5,12,14H2,1-4H3,(H,27,28)(H,29,32)(H,30,33). The number of carbonyl (C=O) groups excluding carboxylic acids is 3. The number of anilines is 2. The summed E-state index contributed by atoms with van der Waals surface area (Å²) >= 11 is 0. The van der Waals surface area contributed by atoms with Gasteiger partial charge >= 0.3 is 12.3 Å². The van der Waals surface area contributed by atoms with Crippen molar-refractivity contribution in [3.63, 3.8) is 0 Å². The van der Waals surface area contributed by atoms with E-state index in [0.717, 1.165) is 12.1 Å². The molecule has 0 saturated heterocycles. The number of hydrazine groups is 1. The number of benzene rings is 1. The third kappa shape index (κ3) is 8.80. The van der Waals surface area contributed by atoms with E-state index in [0.29, 0.717) is 6.54 Å². The van der Waals surface area contributed by atoms with Gasteiger partial charge in [-0.05, 0) is 64.1 Å². The van der Waals surface area contributed by atoms with Crippen LogP contribution in [0.15, 0.2) is 42.6 Å². The Bertz CT molecular complexity index is 1040. The molecule has 0 bridgehead atoms. The zero-order valence-corrected chi connectivity index (χ0v) is 19.8. The molecule has 0 aliphatic heterocycles. The quantitative estimate of drug-likeness (QED) is 0.495. The fraction of sp³-hybridized carbons (Fsp3) is 0.391. The summed E-state index contributed by atoms with van der Waals surface area (Å²) in [6, 6.07) is 7.16. The number of nitrogens with one attached hydrogen (secondary N) is 3. The Morgan fingerprint density at radius 3 is 2.26 bits per heavy atom. The molecule has 12 heteroatoms. The van der Waals surface area contributed by atoms with Gasteiger partial charge in [-0.3, -0.25) is 20.4 Å². The van der Waals surface area contributed by atoms with Crippen LogP contribution in [0.25, 0.3) is 0 Å². The van der Waals surface area contributed by atoms with Gasteiger partial charge < -0.3 is 15.0 Å². The molecule has 0 saturated carbocycles. The minimum absolute atomic E-state index is 0.0524. The Hall–Kier alpha value is -3.83. The second-order valence-electron chi connectivity index (χ2n) is 8.41. The van der Waals surface area contributed by atoms with Crippen molar-refractivity contribution in [1.29, 1.82) is 0 Å². The lowest BCUT2D eigenvalue weighted by Gasteiger charge is -2.26. The molecule has 2 rings (SSSR count). The second kappa shape index (κ2) is 11.5. The molecule has 0 radical (unpaired) electrons. The summed E-state index contributed by atoms with van der Waals surface area (Å²) in [5.74, 6) is -1.15. The number of pyridine rings is 1. The van der Waals surface area contributed by atoms with Crippen molar-refractivity contribution in [1.82, 2.24) is 20.7 Å². The van der Waals surface area contributed by atoms with Gasteiger partial charge in [-0.15, -0.1) is 0 Å². The molecule has 0 unspecified atom stereocenters.